The van der Waals surface area contributed by atoms with Crippen LogP contribution in [0.1, 0.15) is 12.5 Å². The summed E-state index contributed by atoms with van der Waals surface area (Å²) in [6.07, 6.45) is 0. The second-order valence-electron chi connectivity index (χ2n) is 17.3. The highest BCUT2D eigenvalue weighted by molar-refractivity contribution is 7.26. The van der Waals surface area contributed by atoms with Crippen molar-refractivity contribution < 1.29 is 0 Å². The van der Waals surface area contributed by atoms with E-state index in [9.17, 15) is 0 Å². The standard InChI is InChI=1S/C64H44N2S/c1-41(66-63-57-31-11-9-29-55(57)54-28-8-10-30-56(54)62(63)65)44-20-12-23-47(34-44)49-25-15-27-52(37-49)58-39-53(50-26-14-22-46(36-50)43-18-6-3-7-19-43)40-60-59-38-51(32-33-61(59)67-64(58)60)48-24-13-21-45(35-48)42-16-4-2-5-17-42/h2-40H,65H2,1H3. The molecule has 11 aromatic carbocycles. The van der Waals surface area contributed by atoms with Gasteiger partial charge in [0.1, 0.15) is 0 Å². The van der Waals surface area contributed by atoms with Crippen molar-refractivity contribution in [1.82, 2.24) is 0 Å². The van der Waals surface area contributed by atoms with Gasteiger partial charge < -0.3 is 5.73 Å². The highest BCUT2D eigenvalue weighted by Gasteiger charge is 2.17. The fraction of sp³-hybridized carbons (Fsp3) is 0.0156. The Bertz CT molecular complexity index is 3880. The predicted molar refractivity (Wildman–Crippen MR) is 290 cm³/mol. The third-order valence-electron chi connectivity index (χ3n) is 13.2. The van der Waals surface area contributed by atoms with Crippen LogP contribution in [0.3, 0.4) is 0 Å². The number of nitrogen functional groups attached to an aromatic ring is 1. The van der Waals surface area contributed by atoms with E-state index in [0.717, 1.165) is 49.6 Å². The number of hydrogen-bond acceptors (Lipinski definition) is 3. The number of aliphatic imine (C=N–C) groups is 1. The molecule has 0 aliphatic heterocycles. The fourth-order valence-corrected chi connectivity index (χ4v) is 10.9. The second-order valence-corrected chi connectivity index (χ2v) is 18.4. The number of thiophene rings is 1. The molecule has 1 aromatic heterocycles. The van der Waals surface area contributed by atoms with E-state index in [-0.39, 0.29) is 0 Å². The molecule has 0 radical (unpaired) electrons. The molecule has 2 N–H and O–H groups in total. The lowest BCUT2D eigenvalue weighted by Gasteiger charge is -2.13. The van der Waals surface area contributed by atoms with E-state index in [0.29, 0.717) is 5.69 Å². The largest absolute Gasteiger partial charge is 0.396 e. The zero-order valence-corrected chi connectivity index (χ0v) is 37.8. The first-order valence-electron chi connectivity index (χ1n) is 22.8. The van der Waals surface area contributed by atoms with Crippen LogP contribution in [-0.2, 0) is 0 Å². The van der Waals surface area contributed by atoms with Crippen molar-refractivity contribution in [1.29, 1.82) is 0 Å². The Morgan fingerprint density at radius 2 is 0.791 bits per heavy atom. The highest BCUT2D eigenvalue weighted by atomic mass is 32.1. The molecule has 0 saturated carbocycles. The van der Waals surface area contributed by atoms with Crippen molar-refractivity contribution in [2.75, 3.05) is 5.73 Å². The van der Waals surface area contributed by atoms with Gasteiger partial charge in [0.05, 0.1) is 11.4 Å². The average Bonchev–Trinajstić information content (AvgIpc) is 3.78. The van der Waals surface area contributed by atoms with Crippen molar-refractivity contribution in [3.8, 4) is 66.8 Å². The van der Waals surface area contributed by atoms with Gasteiger partial charge >= 0.3 is 0 Å². The van der Waals surface area contributed by atoms with Crippen LogP contribution < -0.4 is 5.73 Å². The lowest BCUT2D eigenvalue weighted by Crippen LogP contribution is -1.97. The van der Waals surface area contributed by atoms with Crippen LogP contribution in [0.2, 0.25) is 0 Å². The van der Waals surface area contributed by atoms with Gasteiger partial charge in [0, 0.05) is 42.2 Å². The molecule has 316 valence electrons. The topological polar surface area (TPSA) is 38.4 Å². The smallest absolute Gasteiger partial charge is 0.0947 e. The van der Waals surface area contributed by atoms with Crippen LogP contribution >= 0.6 is 11.3 Å². The average molecular weight is 873 g/mol. The van der Waals surface area contributed by atoms with E-state index < -0.39 is 0 Å². The maximum Gasteiger partial charge on any atom is 0.0947 e. The molecular formula is C64H44N2S. The molecule has 0 fully saturated rings. The van der Waals surface area contributed by atoms with E-state index >= 15 is 0 Å². The number of fused-ring (bicyclic) bond motifs is 6. The molecule has 0 amide bonds. The minimum Gasteiger partial charge on any atom is -0.396 e. The number of anilines is 1. The Labute approximate surface area is 394 Å². The molecule has 0 unspecified atom stereocenters. The van der Waals surface area contributed by atoms with E-state index in [4.69, 9.17) is 10.7 Å². The Morgan fingerprint density at radius 3 is 1.43 bits per heavy atom. The summed E-state index contributed by atoms with van der Waals surface area (Å²) in [6, 6.07) is 85.5. The first kappa shape index (κ1) is 40.2. The van der Waals surface area contributed by atoms with Crippen LogP contribution in [0.4, 0.5) is 11.4 Å². The normalized spacial score (nSPS) is 11.8. The molecule has 0 bridgehead atoms. The molecule has 0 spiro atoms. The maximum absolute atomic E-state index is 6.90. The van der Waals surface area contributed by atoms with Crippen LogP contribution in [0, 0.1) is 0 Å². The molecule has 67 heavy (non-hydrogen) atoms. The summed E-state index contributed by atoms with van der Waals surface area (Å²) in [5.74, 6) is 0. The fourth-order valence-electron chi connectivity index (χ4n) is 9.75. The Kier molecular flexibility index (Phi) is 10.1. The van der Waals surface area contributed by atoms with Crippen LogP contribution in [0.15, 0.2) is 242 Å². The van der Waals surface area contributed by atoms with E-state index in [1.807, 2.05) is 17.4 Å². The molecule has 1 heterocycles. The van der Waals surface area contributed by atoms with Gasteiger partial charge in [-0.05, 0) is 133 Å². The van der Waals surface area contributed by atoms with Gasteiger partial charge in [0.2, 0.25) is 0 Å². The molecule has 2 nitrogen and oxygen atoms in total. The van der Waals surface area contributed by atoms with Gasteiger partial charge in [0.15, 0.2) is 0 Å². The minimum absolute atomic E-state index is 0.701. The zero-order valence-electron chi connectivity index (χ0n) is 36.9. The van der Waals surface area contributed by atoms with Gasteiger partial charge in [-0.3, -0.25) is 4.99 Å². The first-order chi connectivity index (χ1) is 33.0. The van der Waals surface area contributed by atoms with Crippen molar-refractivity contribution >= 4 is 70.1 Å². The summed E-state index contributed by atoms with van der Waals surface area (Å²) in [5, 5.41) is 6.90. The quantitative estimate of drug-likeness (QED) is 0.0922. The SMILES string of the molecule is CC(=Nc1c(N)c2ccccc2c2ccccc12)c1cccc(-c2cccc(-c3cc(-c4cccc(-c5ccccc5)c4)cc4c3sc3ccc(-c5cccc(-c6ccccc6)c5)cc34)c2)c1. The van der Waals surface area contributed by atoms with Gasteiger partial charge in [-0.2, -0.15) is 0 Å². The van der Waals surface area contributed by atoms with Crippen molar-refractivity contribution in [2.24, 2.45) is 4.99 Å². The lowest BCUT2D eigenvalue weighted by atomic mass is 9.92. The monoisotopic (exact) mass is 872 g/mol. The van der Waals surface area contributed by atoms with E-state index in [2.05, 4.69) is 237 Å². The lowest BCUT2D eigenvalue weighted by molar-refractivity contribution is 1.50. The molecule has 3 heteroatoms. The molecule has 0 atom stereocenters. The second kappa shape index (κ2) is 16.9. The summed E-state index contributed by atoms with van der Waals surface area (Å²) in [7, 11) is 0. The molecule has 0 aliphatic carbocycles. The molecule has 0 aliphatic rings. The number of rotatable bonds is 8. The van der Waals surface area contributed by atoms with Crippen LogP contribution in [-0.4, -0.2) is 5.71 Å². The van der Waals surface area contributed by atoms with Gasteiger partial charge in [-0.1, -0.05) is 188 Å². The maximum atomic E-state index is 6.90. The molecule has 12 rings (SSSR count). The number of nitrogens with two attached hydrogens (primary N) is 1. The van der Waals surface area contributed by atoms with Crippen molar-refractivity contribution in [3.63, 3.8) is 0 Å². The molecular weight excluding hydrogens is 829 g/mol. The molecule has 0 saturated heterocycles. The summed E-state index contributed by atoms with van der Waals surface area (Å²) in [4.78, 5) is 5.26. The minimum atomic E-state index is 0.701. The first-order valence-corrected chi connectivity index (χ1v) is 23.6. The Morgan fingerprint density at radius 1 is 0.343 bits per heavy atom. The van der Waals surface area contributed by atoms with Gasteiger partial charge in [-0.15, -0.1) is 11.3 Å². The summed E-state index contributed by atoms with van der Waals surface area (Å²) >= 11 is 1.88. The third kappa shape index (κ3) is 7.46. The van der Waals surface area contributed by atoms with Crippen LogP contribution in [0.25, 0.3) is 108 Å². The summed E-state index contributed by atoms with van der Waals surface area (Å²) in [6.45, 7) is 2.08. The zero-order chi connectivity index (χ0) is 44.8. The van der Waals surface area contributed by atoms with E-state index in [1.54, 1.807) is 0 Å². The van der Waals surface area contributed by atoms with Crippen LogP contribution in [0.5, 0.6) is 0 Å². The van der Waals surface area contributed by atoms with Crippen molar-refractivity contribution in [3.05, 3.63) is 242 Å². The van der Waals surface area contributed by atoms with Crippen molar-refractivity contribution in [2.45, 2.75) is 6.92 Å². The predicted octanol–water partition coefficient (Wildman–Crippen LogP) is 18.1. The third-order valence-corrected chi connectivity index (χ3v) is 14.4. The number of nitrogens with zero attached hydrogens (tertiary/aromatic N) is 1. The van der Waals surface area contributed by atoms with Gasteiger partial charge in [-0.25, -0.2) is 0 Å². The van der Waals surface area contributed by atoms with E-state index in [1.165, 1.54) is 75.8 Å². The summed E-state index contributed by atoms with van der Waals surface area (Å²) < 4.78 is 2.55. The van der Waals surface area contributed by atoms with Gasteiger partial charge in [0.25, 0.3) is 0 Å². The summed E-state index contributed by atoms with van der Waals surface area (Å²) in [5.41, 5.74) is 24.7. The highest BCUT2D eigenvalue weighted by Crippen LogP contribution is 2.46. The Balaban J connectivity index is 0.979. The number of benzene rings is 11. The molecule has 12 aromatic rings. The number of hydrogen-bond donors (Lipinski definition) is 1. The Hall–Kier alpha value is -8.37.